The van der Waals surface area contributed by atoms with Crippen molar-refractivity contribution in [1.29, 1.82) is 0 Å². The van der Waals surface area contributed by atoms with E-state index in [-0.39, 0.29) is 17.6 Å². The van der Waals surface area contributed by atoms with Gasteiger partial charge in [0.15, 0.2) is 0 Å². The summed E-state index contributed by atoms with van der Waals surface area (Å²) in [6.45, 7) is 2.75. The van der Waals surface area contributed by atoms with Crippen LogP contribution in [0.4, 0.5) is 0 Å². The van der Waals surface area contributed by atoms with Gasteiger partial charge in [-0.05, 0) is 71.2 Å². The summed E-state index contributed by atoms with van der Waals surface area (Å²) in [5.74, 6) is 0.241. The maximum absolute atomic E-state index is 11.8. The highest BCUT2D eigenvalue weighted by atomic mass is 35.5. The van der Waals surface area contributed by atoms with Gasteiger partial charge >= 0.3 is 5.97 Å². The normalized spacial score (nSPS) is 17.1. The fourth-order valence-corrected chi connectivity index (χ4v) is 5.79. The smallest absolute Gasteiger partial charge is 0.335 e. The monoisotopic (exact) mass is 606 g/mol. The summed E-state index contributed by atoms with van der Waals surface area (Å²) in [5.41, 5.74) is 4.64. The second-order valence-electron chi connectivity index (χ2n) is 10.5. The Hall–Kier alpha value is -3.78. The molecule has 1 atom stereocenters. The number of ether oxygens (including phenoxy) is 2. The first-order valence-electron chi connectivity index (χ1n) is 13.8. The molecule has 0 unspecified atom stereocenters. The lowest BCUT2D eigenvalue weighted by atomic mass is 9.87. The Kier molecular flexibility index (Phi) is 9.21. The van der Waals surface area contributed by atoms with E-state index in [9.17, 15) is 14.7 Å². The number of aromatic carboxylic acids is 1. The van der Waals surface area contributed by atoms with Crippen molar-refractivity contribution in [2.24, 2.45) is 0 Å². The summed E-state index contributed by atoms with van der Waals surface area (Å²) in [7, 11) is 3.47. The fourth-order valence-electron chi connectivity index (χ4n) is 5.27. The third-order valence-corrected chi connectivity index (χ3v) is 7.95. The summed E-state index contributed by atoms with van der Waals surface area (Å²) in [6.07, 6.45) is 5.02. The lowest BCUT2D eigenvalue weighted by molar-refractivity contribution is -0.123. The van der Waals surface area contributed by atoms with E-state index in [1.807, 2.05) is 42.5 Å². The molecule has 1 N–H and O–H groups in total. The van der Waals surface area contributed by atoms with E-state index in [0.29, 0.717) is 35.4 Å². The predicted octanol–water partition coefficient (Wildman–Crippen LogP) is 6.53. The number of hydrogen-bond acceptors (Lipinski definition) is 5. The first kappa shape index (κ1) is 29.7. The highest BCUT2D eigenvalue weighted by molar-refractivity contribution is 6.36. The molecule has 2 aliphatic rings. The van der Waals surface area contributed by atoms with Crippen molar-refractivity contribution in [2.45, 2.75) is 18.9 Å². The molecule has 0 aromatic heterocycles. The number of carboxylic acids is 1. The Morgan fingerprint density at radius 2 is 1.83 bits per heavy atom. The molecule has 0 radical (unpaired) electrons. The van der Waals surface area contributed by atoms with E-state index in [2.05, 4.69) is 4.90 Å². The molecule has 7 nitrogen and oxygen atoms in total. The van der Waals surface area contributed by atoms with Gasteiger partial charge in [0, 0.05) is 61.8 Å². The second-order valence-corrected chi connectivity index (χ2v) is 11.4. The van der Waals surface area contributed by atoms with Crippen LogP contribution in [0.2, 0.25) is 10.0 Å². The van der Waals surface area contributed by atoms with Gasteiger partial charge in [0.1, 0.15) is 17.6 Å². The number of rotatable bonds is 8. The quantitative estimate of drug-likeness (QED) is 0.294. The number of nitrogens with zero attached hydrogens (tertiary/aromatic N) is 2. The number of fused-ring (bicyclic) bond motifs is 1. The first-order chi connectivity index (χ1) is 20.2. The number of likely N-dealkylation sites (N-methyl/N-ethyl adjacent to an activating group) is 1. The molecular weight excluding hydrogens is 575 g/mol. The zero-order valence-electron chi connectivity index (χ0n) is 23.5. The Morgan fingerprint density at radius 3 is 2.55 bits per heavy atom. The summed E-state index contributed by atoms with van der Waals surface area (Å²) in [4.78, 5) is 27.2. The molecule has 1 amide bonds. The lowest BCUT2D eigenvalue weighted by Crippen LogP contribution is -2.25. The fraction of sp³-hybridized carbons (Fsp3) is 0.273. The molecule has 2 aliphatic heterocycles. The van der Waals surface area contributed by atoms with Crippen molar-refractivity contribution in [2.75, 3.05) is 40.3 Å². The van der Waals surface area contributed by atoms with Crippen molar-refractivity contribution >= 4 is 46.2 Å². The maximum atomic E-state index is 11.8. The number of hydrogen-bond donors (Lipinski definition) is 1. The SMILES string of the molecule is CN(C)C(=O)/C=C/CN1CC[C@H](Oc2ccc(C3=C(c4ccc(Cl)cc4Cl)CCOc4cc(C(=O)O)ccc43)cc2)C1. The molecule has 0 saturated carbocycles. The van der Waals surface area contributed by atoms with E-state index in [0.717, 1.165) is 53.1 Å². The number of carbonyl (C=O) groups excluding carboxylic acids is 1. The molecule has 3 aromatic rings. The van der Waals surface area contributed by atoms with E-state index in [1.54, 1.807) is 49.3 Å². The molecular formula is C33H32Cl2N2O5. The molecule has 0 bridgehead atoms. The van der Waals surface area contributed by atoms with Crippen LogP contribution in [0.3, 0.4) is 0 Å². The first-order valence-corrected chi connectivity index (χ1v) is 14.5. The molecule has 0 spiro atoms. The molecule has 0 aliphatic carbocycles. The molecule has 3 aromatic carbocycles. The highest BCUT2D eigenvalue weighted by Crippen LogP contribution is 2.43. The molecule has 218 valence electrons. The molecule has 9 heteroatoms. The van der Waals surface area contributed by atoms with Crippen LogP contribution in [0.25, 0.3) is 11.1 Å². The van der Waals surface area contributed by atoms with E-state index < -0.39 is 5.97 Å². The minimum absolute atomic E-state index is 0.0242. The Balaban J connectivity index is 1.41. The van der Waals surface area contributed by atoms with Gasteiger partial charge in [-0.25, -0.2) is 4.79 Å². The third-order valence-electron chi connectivity index (χ3n) is 7.41. The number of halogens is 2. The standard InChI is InChI=1S/C33H32Cl2N2O5/c1-36(2)31(38)4-3-15-37-16-13-25(20-37)42-24-9-5-21(6-10-24)32-27(26-12-8-23(34)19-29(26)35)14-17-41-30-18-22(33(39)40)7-11-28(30)32/h3-12,18-19,25H,13-17,20H2,1-2H3,(H,39,40)/b4-3+/t25-/m0/s1. The van der Waals surface area contributed by atoms with Gasteiger partial charge in [-0.3, -0.25) is 9.69 Å². The highest BCUT2D eigenvalue weighted by Gasteiger charge is 2.25. The largest absolute Gasteiger partial charge is 0.493 e. The minimum atomic E-state index is -1.01. The van der Waals surface area contributed by atoms with Crippen molar-refractivity contribution in [3.05, 3.63) is 105 Å². The minimum Gasteiger partial charge on any atom is -0.493 e. The van der Waals surface area contributed by atoms with E-state index >= 15 is 0 Å². The number of carboxylic acid groups (broad SMARTS) is 1. The average molecular weight is 608 g/mol. The van der Waals surface area contributed by atoms with Gasteiger partial charge < -0.3 is 19.5 Å². The Labute approximate surface area is 255 Å². The average Bonchev–Trinajstić information content (AvgIpc) is 3.31. The van der Waals surface area contributed by atoms with Crippen molar-refractivity contribution in [1.82, 2.24) is 9.80 Å². The van der Waals surface area contributed by atoms with Gasteiger partial charge in [-0.2, -0.15) is 0 Å². The van der Waals surface area contributed by atoms with Crippen LogP contribution in [-0.2, 0) is 4.79 Å². The topological polar surface area (TPSA) is 79.3 Å². The molecule has 1 saturated heterocycles. The number of carbonyl (C=O) groups is 2. The van der Waals surface area contributed by atoms with E-state index in [1.165, 1.54) is 0 Å². The number of likely N-dealkylation sites (tertiary alicyclic amines) is 1. The van der Waals surface area contributed by atoms with Gasteiger partial charge in [0.05, 0.1) is 12.2 Å². The molecule has 5 rings (SSSR count). The summed E-state index contributed by atoms with van der Waals surface area (Å²) >= 11 is 12.9. The maximum Gasteiger partial charge on any atom is 0.335 e. The van der Waals surface area contributed by atoms with Crippen LogP contribution < -0.4 is 9.47 Å². The van der Waals surface area contributed by atoms with Crippen LogP contribution in [0.15, 0.2) is 72.8 Å². The Bertz CT molecular complexity index is 1550. The van der Waals surface area contributed by atoms with Gasteiger partial charge in [0.2, 0.25) is 5.91 Å². The van der Waals surface area contributed by atoms with Gasteiger partial charge in [-0.15, -0.1) is 0 Å². The van der Waals surface area contributed by atoms with Crippen LogP contribution >= 0.6 is 23.2 Å². The van der Waals surface area contributed by atoms with Crippen LogP contribution in [0, 0.1) is 0 Å². The third kappa shape index (κ3) is 6.81. The van der Waals surface area contributed by atoms with Crippen LogP contribution in [0.5, 0.6) is 11.5 Å². The summed E-state index contributed by atoms with van der Waals surface area (Å²) < 4.78 is 12.4. The number of benzene rings is 3. The van der Waals surface area contributed by atoms with Crippen molar-refractivity contribution < 1.29 is 24.2 Å². The summed E-state index contributed by atoms with van der Waals surface area (Å²) in [5, 5.41) is 10.6. The zero-order valence-corrected chi connectivity index (χ0v) is 25.0. The van der Waals surface area contributed by atoms with Crippen LogP contribution in [0.1, 0.15) is 39.9 Å². The van der Waals surface area contributed by atoms with Gasteiger partial charge in [-0.1, -0.05) is 47.5 Å². The van der Waals surface area contributed by atoms with E-state index in [4.69, 9.17) is 32.7 Å². The zero-order chi connectivity index (χ0) is 29.8. The molecule has 42 heavy (non-hydrogen) atoms. The lowest BCUT2D eigenvalue weighted by Gasteiger charge is -2.18. The molecule has 1 fully saturated rings. The van der Waals surface area contributed by atoms with Crippen LogP contribution in [-0.4, -0.2) is 73.2 Å². The predicted molar refractivity (Wildman–Crippen MR) is 166 cm³/mol. The van der Waals surface area contributed by atoms with Crippen molar-refractivity contribution in [3.63, 3.8) is 0 Å². The molecule has 2 heterocycles. The van der Waals surface area contributed by atoms with Crippen molar-refractivity contribution in [3.8, 4) is 11.5 Å². The summed E-state index contributed by atoms with van der Waals surface area (Å²) in [6, 6.07) is 18.3. The number of amides is 1. The van der Waals surface area contributed by atoms with Gasteiger partial charge in [0.25, 0.3) is 0 Å². The Morgan fingerprint density at radius 1 is 1.07 bits per heavy atom. The second kappa shape index (κ2) is 13.0.